The zero-order valence-corrected chi connectivity index (χ0v) is 12.2. The minimum Gasteiger partial charge on any atom is -0.406 e. The molecule has 2 aromatic rings. The second-order valence-corrected chi connectivity index (χ2v) is 5.20. The third-order valence-corrected chi connectivity index (χ3v) is 2.81. The summed E-state index contributed by atoms with van der Waals surface area (Å²) in [7, 11) is 0. The van der Waals surface area contributed by atoms with Crippen molar-refractivity contribution in [3.63, 3.8) is 0 Å². The van der Waals surface area contributed by atoms with Gasteiger partial charge in [-0.1, -0.05) is 25.0 Å². The van der Waals surface area contributed by atoms with Gasteiger partial charge in [0.2, 0.25) is 5.89 Å². The van der Waals surface area contributed by atoms with Crippen LogP contribution in [0, 0.1) is 24.5 Å². The molecule has 0 atom stereocenters. The van der Waals surface area contributed by atoms with Crippen LogP contribution in [-0.4, -0.2) is 16.7 Å². The highest BCUT2D eigenvalue weighted by atomic mass is 19.1. The van der Waals surface area contributed by atoms with Crippen LogP contribution in [0.2, 0.25) is 0 Å². The van der Waals surface area contributed by atoms with Gasteiger partial charge in [-0.05, 0) is 31.0 Å². The summed E-state index contributed by atoms with van der Waals surface area (Å²) >= 11 is 0. The fourth-order valence-corrected chi connectivity index (χ4v) is 1.72. The quantitative estimate of drug-likeness (QED) is 0.857. The molecule has 0 aliphatic carbocycles. The lowest BCUT2D eigenvalue weighted by Crippen LogP contribution is -2.19. The van der Waals surface area contributed by atoms with Crippen molar-refractivity contribution in [3.8, 4) is 0 Å². The summed E-state index contributed by atoms with van der Waals surface area (Å²) in [5.41, 5.74) is 0.0394. The van der Waals surface area contributed by atoms with E-state index in [0.29, 0.717) is 23.9 Å². The summed E-state index contributed by atoms with van der Waals surface area (Å²) in [4.78, 5) is 0. The average molecular weight is 296 g/mol. The minimum atomic E-state index is -0.712. The Labute approximate surface area is 121 Å². The Kier molecular flexibility index (Phi) is 4.85. The van der Waals surface area contributed by atoms with Crippen molar-refractivity contribution < 1.29 is 13.2 Å². The molecule has 1 heterocycles. The van der Waals surface area contributed by atoms with E-state index in [1.165, 1.54) is 12.1 Å². The van der Waals surface area contributed by atoms with Gasteiger partial charge in [0.1, 0.15) is 11.5 Å². The number of nitrogens with zero attached hydrogens (tertiary/aromatic N) is 2. The van der Waals surface area contributed by atoms with Crippen LogP contribution >= 0.6 is 0 Å². The van der Waals surface area contributed by atoms with E-state index < -0.39 is 11.6 Å². The Bertz CT molecular complexity index is 613. The summed E-state index contributed by atoms with van der Waals surface area (Å²) in [6.45, 7) is 6.93. The predicted molar refractivity (Wildman–Crippen MR) is 75.2 cm³/mol. The van der Waals surface area contributed by atoms with Crippen molar-refractivity contribution in [1.29, 1.82) is 0 Å². The third kappa shape index (κ3) is 3.98. The molecule has 0 saturated heterocycles. The lowest BCUT2D eigenvalue weighted by atomic mass is 10.2. The third-order valence-electron chi connectivity index (χ3n) is 2.81. The maximum Gasteiger partial charge on any atom is 0.320 e. The number of hydrogen-bond acceptors (Lipinski definition) is 5. The van der Waals surface area contributed by atoms with Crippen molar-refractivity contribution in [2.75, 3.05) is 11.9 Å². The van der Waals surface area contributed by atoms with Crippen LogP contribution in [0.4, 0.5) is 20.5 Å². The molecule has 1 aromatic heterocycles. The van der Waals surface area contributed by atoms with Crippen LogP contribution in [0.15, 0.2) is 16.5 Å². The first-order valence-corrected chi connectivity index (χ1v) is 6.72. The molecule has 0 fully saturated rings. The first-order valence-electron chi connectivity index (χ1n) is 6.72. The van der Waals surface area contributed by atoms with E-state index in [-0.39, 0.29) is 11.7 Å². The summed E-state index contributed by atoms with van der Waals surface area (Å²) in [6, 6.07) is 2.51. The molecule has 1 aromatic carbocycles. The van der Waals surface area contributed by atoms with Gasteiger partial charge in [0.15, 0.2) is 5.82 Å². The summed E-state index contributed by atoms with van der Waals surface area (Å²) in [5, 5.41) is 13.1. The molecule has 0 unspecified atom stereocenters. The number of halogens is 2. The van der Waals surface area contributed by atoms with Crippen molar-refractivity contribution in [2.24, 2.45) is 5.92 Å². The van der Waals surface area contributed by atoms with Crippen LogP contribution < -0.4 is 10.6 Å². The number of aryl methyl sites for hydroxylation is 1. The summed E-state index contributed by atoms with van der Waals surface area (Å²) < 4.78 is 32.7. The average Bonchev–Trinajstić information content (AvgIpc) is 2.86. The molecule has 7 heteroatoms. The van der Waals surface area contributed by atoms with E-state index >= 15 is 0 Å². The molecule has 0 bridgehead atoms. The highest BCUT2D eigenvalue weighted by Gasteiger charge is 2.14. The van der Waals surface area contributed by atoms with Crippen molar-refractivity contribution in [3.05, 3.63) is 35.2 Å². The highest BCUT2D eigenvalue weighted by molar-refractivity contribution is 5.55. The van der Waals surface area contributed by atoms with E-state index in [1.54, 1.807) is 6.92 Å². The lowest BCUT2D eigenvalue weighted by Gasteiger charge is -2.06. The van der Waals surface area contributed by atoms with E-state index in [4.69, 9.17) is 4.42 Å². The zero-order valence-electron chi connectivity index (χ0n) is 12.2. The number of anilines is 2. The van der Waals surface area contributed by atoms with E-state index in [9.17, 15) is 8.78 Å². The number of nitrogens with one attached hydrogen (secondary N) is 2. The molecule has 114 valence electrons. The minimum absolute atomic E-state index is 0.0419. The van der Waals surface area contributed by atoms with Crippen LogP contribution in [0.3, 0.4) is 0 Å². The Morgan fingerprint density at radius 2 is 2.00 bits per heavy atom. The lowest BCUT2D eigenvalue weighted by molar-refractivity contribution is 0.459. The Morgan fingerprint density at radius 3 is 2.71 bits per heavy atom. The normalized spacial score (nSPS) is 11.1. The van der Waals surface area contributed by atoms with Crippen LogP contribution in [0.25, 0.3) is 0 Å². The molecule has 0 amide bonds. The molecular formula is C14H18F2N4O. The monoisotopic (exact) mass is 296 g/mol. The largest absolute Gasteiger partial charge is 0.406 e. The first-order chi connectivity index (χ1) is 9.97. The molecule has 21 heavy (non-hydrogen) atoms. The maximum absolute atomic E-state index is 13.8. The van der Waals surface area contributed by atoms with Crippen molar-refractivity contribution in [1.82, 2.24) is 15.5 Å². The van der Waals surface area contributed by atoms with Gasteiger partial charge in [-0.15, -0.1) is 5.10 Å². The van der Waals surface area contributed by atoms with Gasteiger partial charge < -0.3 is 15.1 Å². The molecule has 2 N–H and O–H groups in total. The van der Waals surface area contributed by atoms with E-state index in [1.807, 2.05) is 0 Å². The molecule has 0 aliphatic heterocycles. The topological polar surface area (TPSA) is 63.0 Å². The van der Waals surface area contributed by atoms with Gasteiger partial charge >= 0.3 is 6.01 Å². The predicted octanol–water partition coefficient (Wildman–Crippen LogP) is 3.15. The molecule has 0 radical (unpaired) electrons. The summed E-state index contributed by atoms with van der Waals surface area (Å²) in [6.07, 6.45) is 0. The van der Waals surface area contributed by atoms with Gasteiger partial charge in [-0.25, -0.2) is 8.78 Å². The van der Waals surface area contributed by atoms with E-state index in [0.717, 1.165) is 6.54 Å². The Morgan fingerprint density at radius 1 is 1.24 bits per heavy atom. The van der Waals surface area contributed by atoms with Crippen LogP contribution in [-0.2, 0) is 6.54 Å². The van der Waals surface area contributed by atoms with Gasteiger partial charge in [0.05, 0.1) is 6.54 Å². The second kappa shape index (κ2) is 6.62. The number of benzene rings is 1. The van der Waals surface area contributed by atoms with Gasteiger partial charge in [0, 0.05) is 0 Å². The highest BCUT2D eigenvalue weighted by Crippen LogP contribution is 2.24. The van der Waals surface area contributed by atoms with Crippen molar-refractivity contribution >= 4 is 11.7 Å². The first kappa shape index (κ1) is 15.4. The molecule has 0 saturated carbocycles. The van der Waals surface area contributed by atoms with Crippen molar-refractivity contribution in [2.45, 2.75) is 27.3 Å². The number of hydrogen-bond donors (Lipinski definition) is 2. The Balaban J connectivity index is 2.04. The number of rotatable bonds is 6. The van der Waals surface area contributed by atoms with E-state index in [2.05, 4.69) is 34.7 Å². The van der Waals surface area contributed by atoms with Gasteiger partial charge in [-0.2, -0.15) is 0 Å². The van der Waals surface area contributed by atoms with Gasteiger partial charge in [0.25, 0.3) is 0 Å². The SMILES string of the molecule is Cc1ccc(F)c(Nc2nnc(CNCC(C)C)o2)c1F. The van der Waals surface area contributed by atoms with Gasteiger partial charge in [-0.3, -0.25) is 0 Å². The summed E-state index contributed by atoms with van der Waals surface area (Å²) in [5.74, 6) is -0.531. The standard InChI is InChI=1S/C14H18F2N4O/c1-8(2)6-17-7-11-19-20-14(21-11)18-13-10(15)5-4-9(3)12(13)16/h4-5,8,17H,6-7H2,1-3H3,(H,18,20). The smallest absolute Gasteiger partial charge is 0.320 e. The zero-order chi connectivity index (χ0) is 15.4. The maximum atomic E-state index is 13.8. The van der Waals surface area contributed by atoms with Crippen LogP contribution in [0.1, 0.15) is 25.3 Å². The number of aromatic nitrogens is 2. The molecule has 5 nitrogen and oxygen atoms in total. The Hall–Kier alpha value is -2.02. The molecule has 0 aliphatic rings. The molecular weight excluding hydrogens is 278 g/mol. The molecule has 0 spiro atoms. The van der Waals surface area contributed by atoms with Crippen LogP contribution in [0.5, 0.6) is 0 Å². The second-order valence-electron chi connectivity index (χ2n) is 5.20. The fraction of sp³-hybridized carbons (Fsp3) is 0.429. The molecule has 2 rings (SSSR count). The fourth-order valence-electron chi connectivity index (χ4n) is 1.72.